The first-order chi connectivity index (χ1) is 24.5. The molecule has 0 aliphatic heterocycles. The minimum atomic E-state index is -0.325. The minimum absolute atomic E-state index is 0.178. The molecule has 0 fully saturated rings. The summed E-state index contributed by atoms with van der Waals surface area (Å²) in [4.78, 5) is 19.5. The number of nitriles is 2. The lowest BCUT2D eigenvalue weighted by Crippen LogP contribution is -2.15. The fourth-order valence-corrected chi connectivity index (χ4v) is 13.7. The fraction of sp³-hybridized carbons (Fsp3) is 0.316. The monoisotopic (exact) mass is 762 g/mol. The summed E-state index contributed by atoms with van der Waals surface area (Å²) in [6.07, 6.45) is 4.07. The molecule has 13 heteroatoms. The van der Waals surface area contributed by atoms with E-state index in [0.717, 1.165) is 39.0 Å². The van der Waals surface area contributed by atoms with Crippen LogP contribution in [0.25, 0.3) is 49.4 Å². The van der Waals surface area contributed by atoms with Gasteiger partial charge in [-0.25, -0.2) is 14.7 Å². The molecule has 5 aromatic rings. The van der Waals surface area contributed by atoms with Crippen LogP contribution in [0.5, 0.6) is 11.5 Å². The van der Waals surface area contributed by atoms with Crippen LogP contribution in [0.3, 0.4) is 0 Å². The molecule has 0 saturated carbocycles. The summed E-state index contributed by atoms with van der Waals surface area (Å²) >= 11 is 8.38. The number of ether oxygens (including phenoxy) is 2. The van der Waals surface area contributed by atoms with Gasteiger partial charge in [-0.1, -0.05) is 59.0 Å². The Morgan fingerprint density at radius 3 is 2.02 bits per heavy atom. The van der Waals surface area contributed by atoms with Crippen LogP contribution in [0.1, 0.15) is 69.7 Å². The second kappa shape index (κ2) is 13.2. The lowest BCUT2D eigenvalue weighted by molar-refractivity contribution is 0.317. The van der Waals surface area contributed by atoms with Gasteiger partial charge in [-0.3, -0.25) is 0 Å². The molecule has 0 bridgehead atoms. The molecule has 7 rings (SSSR count). The zero-order valence-corrected chi connectivity index (χ0v) is 32.8. The third-order valence-corrected chi connectivity index (χ3v) is 15.1. The molecule has 51 heavy (non-hydrogen) atoms. The molecular weight excluding hydrogens is 733 g/mol. The van der Waals surface area contributed by atoms with E-state index in [1.807, 2.05) is 46.9 Å². The SMILES string of the molecule is [C-]#[N+]C(=Nc1cc(OCCC)c(C2=CC3=C(c4sc5c(sc6cc(-c7sc(N=C(C#N)C#N)cc7OCCC)sc65)c4C3(C)C)C2(C)C)s1)[N+]#[C-]. The van der Waals surface area contributed by atoms with Gasteiger partial charge in [0.1, 0.15) is 28.6 Å². The van der Waals surface area contributed by atoms with Gasteiger partial charge in [0.2, 0.25) is 5.71 Å². The molecule has 8 nitrogen and oxygen atoms in total. The van der Waals surface area contributed by atoms with Crippen LogP contribution in [0.15, 0.2) is 39.8 Å². The summed E-state index contributed by atoms with van der Waals surface area (Å²) in [5.74, 6) is 1.26. The van der Waals surface area contributed by atoms with Gasteiger partial charge < -0.3 is 9.47 Å². The Hall–Kier alpha value is -4.60. The predicted molar refractivity (Wildman–Crippen MR) is 215 cm³/mol. The quantitative estimate of drug-likeness (QED) is 0.0803. The van der Waals surface area contributed by atoms with Crippen molar-refractivity contribution < 1.29 is 9.47 Å². The van der Waals surface area contributed by atoms with Gasteiger partial charge in [-0.15, -0.1) is 45.3 Å². The van der Waals surface area contributed by atoms with Crippen molar-refractivity contribution in [1.29, 1.82) is 10.5 Å². The molecule has 0 spiro atoms. The highest BCUT2D eigenvalue weighted by atomic mass is 32.1. The summed E-state index contributed by atoms with van der Waals surface area (Å²) in [7, 11) is 0. The Labute approximate surface area is 316 Å². The van der Waals surface area contributed by atoms with Gasteiger partial charge in [0.05, 0.1) is 48.0 Å². The van der Waals surface area contributed by atoms with Crippen LogP contribution in [-0.2, 0) is 5.41 Å². The summed E-state index contributed by atoms with van der Waals surface area (Å²) in [6.45, 7) is 29.1. The van der Waals surface area contributed by atoms with E-state index < -0.39 is 0 Å². The highest BCUT2D eigenvalue weighted by molar-refractivity contribution is 7.40. The second-order valence-corrected chi connectivity index (χ2v) is 18.2. The predicted octanol–water partition coefficient (Wildman–Crippen LogP) is 12.7. The first-order valence-corrected chi connectivity index (χ1v) is 20.3. The van der Waals surface area contributed by atoms with E-state index in [2.05, 4.69) is 73.4 Å². The van der Waals surface area contributed by atoms with Gasteiger partial charge in [-0.05, 0) is 54.3 Å². The third-order valence-electron chi connectivity index (χ3n) is 8.97. The lowest BCUT2D eigenvalue weighted by atomic mass is 9.79. The van der Waals surface area contributed by atoms with Crippen LogP contribution < -0.4 is 9.47 Å². The number of hydrogen-bond acceptors (Lipinski definition) is 11. The van der Waals surface area contributed by atoms with Crippen molar-refractivity contribution >= 4 is 108 Å². The summed E-state index contributed by atoms with van der Waals surface area (Å²) in [5, 5.41) is 19.7. The smallest absolute Gasteiger partial charge is 0.492 e. The summed E-state index contributed by atoms with van der Waals surface area (Å²) in [5.41, 5.74) is 4.51. The van der Waals surface area contributed by atoms with Crippen molar-refractivity contribution in [3.8, 4) is 33.4 Å². The Balaban J connectivity index is 1.31. The van der Waals surface area contributed by atoms with Gasteiger partial charge in [0, 0.05) is 31.5 Å². The van der Waals surface area contributed by atoms with Crippen LogP contribution >= 0.6 is 56.7 Å². The molecule has 0 radical (unpaired) electrons. The number of fused-ring (bicyclic) bond motifs is 6. The maximum atomic E-state index is 9.27. The number of allylic oxidation sites excluding steroid dienone is 4. The molecule has 5 heterocycles. The van der Waals surface area contributed by atoms with Crippen molar-refractivity contribution in [3.63, 3.8) is 0 Å². The van der Waals surface area contributed by atoms with E-state index in [4.69, 9.17) is 22.6 Å². The molecule has 5 aromatic heterocycles. The zero-order chi connectivity index (χ0) is 36.2. The van der Waals surface area contributed by atoms with Gasteiger partial charge in [-0.2, -0.15) is 10.5 Å². The Bertz CT molecular complexity index is 2540. The average Bonchev–Trinajstić information content (AvgIpc) is 3.95. The minimum Gasteiger partial charge on any atom is -0.492 e. The van der Waals surface area contributed by atoms with Crippen molar-refractivity contribution in [2.75, 3.05) is 13.2 Å². The Morgan fingerprint density at radius 1 is 0.765 bits per heavy atom. The number of rotatable bonds is 10. The van der Waals surface area contributed by atoms with Crippen LogP contribution in [-0.4, -0.2) is 24.9 Å². The molecule has 0 N–H and O–H groups in total. The molecule has 2 aliphatic carbocycles. The number of nitrogens with zero attached hydrogens (tertiary/aromatic N) is 6. The molecule has 254 valence electrons. The highest BCUT2D eigenvalue weighted by Crippen LogP contribution is 2.67. The van der Waals surface area contributed by atoms with Gasteiger partial charge in [0.25, 0.3) is 5.00 Å². The number of guanidine groups is 1. The van der Waals surface area contributed by atoms with Crippen molar-refractivity contribution in [2.24, 2.45) is 15.4 Å². The van der Waals surface area contributed by atoms with Crippen LogP contribution in [0, 0.1) is 41.2 Å². The molecule has 2 aliphatic rings. The molecule has 0 amide bonds. The van der Waals surface area contributed by atoms with Gasteiger partial charge >= 0.3 is 5.96 Å². The highest BCUT2D eigenvalue weighted by Gasteiger charge is 2.51. The number of hydrogen-bond donors (Lipinski definition) is 0. The molecular formula is C38H30N6O2S5. The van der Waals surface area contributed by atoms with Gasteiger partial charge in [0.15, 0.2) is 0 Å². The standard InChI is InChI=1S/C38H30N6O2S5/c1-9-11-45-22-14-27(44-36(41-7)42-8)49-30(22)21-13-20-28(38(21,5)6)33-29(37(20,3)4)34-35(51-33)32-25(48-34)16-24(47-32)31-23(46-12-10-2)15-26(50-31)43-19(17-39)18-40/h13-16H,9-12H2,1-6H3. The normalized spacial score (nSPS) is 15.1. The molecule has 0 saturated heterocycles. The van der Waals surface area contributed by atoms with E-state index >= 15 is 0 Å². The maximum Gasteiger partial charge on any atom is 0.635 e. The van der Waals surface area contributed by atoms with E-state index in [-0.39, 0.29) is 22.5 Å². The van der Waals surface area contributed by atoms with Crippen LogP contribution in [0.4, 0.5) is 10.0 Å². The van der Waals surface area contributed by atoms with E-state index in [9.17, 15) is 10.5 Å². The third kappa shape index (κ3) is 5.62. The first-order valence-electron chi connectivity index (χ1n) is 16.2. The lowest BCUT2D eigenvalue weighted by Gasteiger charge is -2.26. The number of thiophene rings is 5. The Kier molecular flexibility index (Phi) is 9.00. The summed E-state index contributed by atoms with van der Waals surface area (Å²) in [6, 6.07) is 9.64. The Morgan fingerprint density at radius 2 is 1.39 bits per heavy atom. The van der Waals surface area contributed by atoms with E-state index in [0.29, 0.717) is 23.2 Å². The molecule has 0 atom stereocenters. The van der Waals surface area contributed by atoms with Crippen molar-refractivity contribution in [1.82, 2.24) is 0 Å². The van der Waals surface area contributed by atoms with Crippen molar-refractivity contribution in [2.45, 2.75) is 59.8 Å². The molecule has 0 aromatic carbocycles. The average molecular weight is 763 g/mol. The summed E-state index contributed by atoms with van der Waals surface area (Å²) < 4.78 is 17.5. The van der Waals surface area contributed by atoms with Crippen LogP contribution in [0.2, 0.25) is 0 Å². The topological polar surface area (TPSA) is 99.5 Å². The maximum absolute atomic E-state index is 9.27. The molecule has 0 unspecified atom stereocenters. The second-order valence-electron chi connectivity index (χ2n) is 13.0. The zero-order valence-electron chi connectivity index (χ0n) is 28.7. The number of aliphatic imine (C=N–C) groups is 2. The van der Waals surface area contributed by atoms with Crippen molar-refractivity contribution in [3.05, 3.63) is 68.0 Å². The van der Waals surface area contributed by atoms with E-state index in [1.54, 1.807) is 11.3 Å². The largest absolute Gasteiger partial charge is 0.635 e. The van der Waals surface area contributed by atoms with E-state index in [1.165, 1.54) is 68.6 Å². The first kappa shape index (κ1) is 34.8. The fourth-order valence-electron chi connectivity index (χ4n) is 6.68.